The van der Waals surface area contributed by atoms with Crippen LogP contribution in [0, 0.1) is 0 Å². The van der Waals surface area contributed by atoms with E-state index in [4.69, 9.17) is 10.2 Å². The van der Waals surface area contributed by atoms with Gasteiger partial charge in [-0.05, 0) is 13.8 Å². The number of ether oxygens (including phenoxy) is 1. The summed E-state index contributed by atoms with van der Waals surface area (Å²) in [4.78, 5) is 20.8. The van der Waals surface area contributed by atoms with Gasteiger partial charge in [0.05, 0.1) is 12.6 Å². The normalized spacial score (nSPS) is 12.3. The van der Waals surface area contributed by atoms with E-state index in [0.29, 0.717) is 0 Å². The quantitative estimate of drug-likeness (QED) is 0.560. The van der Waals surface area contributed by atoms with Gasteiger partial charge in [0.2, 0.25) is 0 Å². The summed E-state index contributed by atoms with van der Waals surface area (Å²) in [5.41, 5.74) is 0. The molecule has 0 aliphatic heterocycles. The molecule has 0 rings (SSSR count). The van der Waals surface area contributed by atoms with E-state index in [1.807, 2.05) is 0 Å². The number of hydrogen-bond acceptors (Lipinski definition) is 4. The second-order valence-corrected chi connectivity index (χ2v) is 2.69. The van der Waals surface area contributed by atoms with Gasteiger partial charge in [-0.15, -0.1) is 0 Å². The van der Waals surface area contributed by atoms with Gasteiger partial charge in [0, 0.05) is 0 Å². The summed E-state index contributed by atoms with van der Waals surface area (Å²) in [5.74, 6) is -1.38. The number of hydrogen-bond donors (Lipinski definition) is 3. The Hall–Kier alpha value is -1.30. The van der Waals surface area contributed by atoms with Crippen LogP contribution in [0.1, 0.15) is 13.8 Å². The minimum atomic E-state index is -1.60. The van der Waals surface area contributed by atoms with E-state index in [-0.39, 0.29) is 12.6 Å². The molecule has 0 bridgehead atoms. The average Bonchev–Trinajstić information content (AvgIpc) is 1.98. The molecule has 0 aromatic rings. The Morgan fingerprint density at radius 3 is 2.38 bits per heavy atom. The maximum Gasteiger partial charge on any atom is 0.407 e. The van der Waals surface area contributed by atoms with Gasteiger partial charge < -0.3 is 20.3 Å². The molecule has 0 saturated carbocycles. The fraction of sp³-hybridized carbons (Fsp3) is 0.714. The number of aliphatic hydroxyl groups excluding tert-OH is 1. The van der Waals surface area contributed by atoms with Gasteiger partial charge in [0.25, 0.3) is 0 Å². The lowest BCUT2D eigenvalue weighted by atomic mass is 10.4. The average molecular weight is 191 g/mol. The number of nitrogens with one attached hydrogen (secondary N) is 1. The van der Waals surface area contributed by atoms with E-state index in [1.54, 1.807) is 13.8 Å². The van der Waals surface area contributed by atoms with Crippen LogP contribution in [0.2, 0.25) is 0 Å². The molecule has 0 saturated heterocycles. The molecule has 13 heavy (non-hydrogen) atoms. The molecule has 0 aliphatic carbocycles. The van der Waals surface area contributed by atoms with E-state index in [9.17, 15) is 9.59 Å². The highest BCUT2D eigenvalue weighted by Gasteiger charge is 2.14. The highest BCUT2D eigenvalue weighted by Crippen LogP contribution is 1.88. The van der Waals surface area contributed by atoms with Crippen molar-refractivity contribution in [1.29, 1.82) is 0 Å². The molecule has 3 N–H and O–H groups in total. The number of alkyl carbamates (subject to hydrolysis) is 1. The summed E-state index contributed by atoms with van der Waals surface area (Å²) in [7, 11) is 0. The number of carbonyl (C=O) groups excluding carboxylic acids is 1. The Kier molecular flexibility index (Phi) is 4.83. The molecule has 0 unspecified atom stereocenters. The van der Waals surface area contributed by atoms with E-state index in [0.717, 1.165) is 0 Å². The van der Waals surface area contributed by atoms with E-state index in [1.165, 1.54) is 0 Å². The van der Waals surface area contributed by atoms with Crippen molar-refractivity contribution in [2.24, 2.45) is 0 Å². The van der Waals surface area contributed by atoms with Crippen molar-refractivity contribution in [1.82, 2.24) is 5.32 Å². The zero-order valence-corrected chi connectivity index (χ0v) is 7.48. The third-order valence-corrected chi connectivity index (χ3v) is 1.07. The van der Waals surface area contributed by atoms with Crippen molar-refractivity contribution in [3.05, 3.63) is 0 Å². The van der Waals surface area contributed by atoms with Gasteiger partial charge in [-0.3, -0.25) is 0 Å². The second kappa shape index (κ2) is 5.36. The molecule has 1 atom stereocenters. The van der Waals surface area contributed by atoms with Crippen LogP contribution < -0.4 is 5.32 Å². The molecule has 0 aliphatic rings. The monoisotopic (exact) mass is 191 g/mol. The minimum absolute atomic E-state index is 0.276. The zero-order chi connectivity index (χ0) is 10.4. The number of aliphatic hydroxyl groups is 1. The zero-order valence-electron chi connectivity index (χ0n) is 7.48. The topological polar surface area (TPSA) is 95.9 Å². The maximum absolute atomic E-state index is 10.7. The second-order valence-electron chi connectivity index (χ2n) is 2.69. The Bertz CT molecular complexity index is 191. The van der Waals surface area contributed by atoms with E-state index in [2.05, 4.69) is 10.1 Å². The number of carbonyl (C=O) groups is 2. The first-order chi connectivity index (χ1) is 5.93. The Morgan fingerprint density at radius 2 is 2.00 bits per heavy atom. The fourth-order valence-corrected chi connectivity index (χ4v) is 0.523. The first kappa shape index (κ1) is 11.7. The van der Waals surface area contributed by atoms with Gasteiger partial charge in [-0.25, -0.2) is 9.59 Å². The molecular formula is C7H13NO5. The number of carboxylic acid groups (broad SMARTS) is 1. The van der Waals surface area contributed by atoms with Crippen LogP contribution in [0.3, 0.4) is 0 Å². The third-order valence-electron chi connectivity index (χ3n) is 1.07. The molecule has 0 radical (unpaired) electrons. The summed E-state index contributed by atoms with van der Waals surface area (Å²) >= 11 is 0. The van der Waals surface area contributed by atoms with Crippen molar-refractivity contribution in [2.75, 3.05) is 6.54 Å². The molecule has 0 aromatic heterocycles. The lowest BCUT2D eigenvalue weighted by Crippen LogP contribution is -2.37. The number of aliphatic carboxylic acids is 1. The molecule has 1 amide bonds. The number of carboxylic acids is 1. The first-order valence-corrected chi connectivity index (χ1v) is 3.79. The van der Waals surface area contributed by atoms with Gasteiger partial charge in [-0.2, -0.15) is 0 Å². The SMILES string of the molecule is CC(C)OC(=O)NC[C@H](O)C(=O)O. The largest absolute Gasteiger partial charge is 0.479 e. The lowest BCUT2D eigenvalue weighted by Gasteiger charge is -2.10. The molecule has 0 spiro atoms. The predicted octanol–water partition coefficient (Wildman–Crippen LogP) is -0.434. The summed E-state index contributed by atoms with van der Waals surface area (Å²) in [6.07, 6.45) is -2.61. The van der Waals surface area contributed by atoms with Crippen molar-refractivity contribution in [3.63, 3.8) is 0 Å². The summed E-state index contributed by atoms with van der Waals surface area (Å²) in [5, 5.41) is 19.1. The third kappa shape index (κ3) is 5.92. The predicted molar refractivity (Wildman–Crippen MR) is 43.3 cm³/mol. The Balaban J connectivity index is 3.64. The van der Waals surface area contributed by atoms with E-state index < -0.39 is 18.2 Å². The summed E-state index contributed by atoms with van der Waals surface area (Å²) in [6, 6.07) is 0. The van der Waals surface area contributed by atoms with Crippen LogP contribution in [0.15, 0.2) is 0 Å². The van der Waals surface area contributed by atoms with Gasteiger partial charge in [-0.1, -0.05) is 0 Å². The first-order valence-electron chi connectivity index (χ1n) is 3.79. The summed E-state index contributed by atoms with van der Waals surface area (Å²) in [6.45, 7) is 2.96. The van der Waals surface area contributed by atoms with Gasteiger partial charge in [0.15, 0.2) is 6.10 Å². The standard InChI is InChI=1S/C7H13NO5/c1-4(2)13-7(12)8-3-5(9)6(10)11/h4-5,9H,3H2,1-2H3,(H,8,12)(H,10,11)/t5-/m0/s1. The lowest BCUT2D eigenvalue weighted by molar-refractivity contribution is -0.146. The number of amides is 1. The van der Waals surface area contributed by atoms with Gasteiger partial charge in [0.1, 0.15) is 0 Å². The molecular weight excluding hydrogens is 178 g/mol. The van der Waals surface area contributed by atoms with Crippen molar-refractivity contribution in [3.8, 4) is 0 Å². The van der Waals surface area contributed by atoms with Crippen LogP contribution in [0.5, 0.6) is 0 Å². The molecule has 0 heterocycles. The Labute approximate surface area is 75.5 Å². The molecule has 0 fully saturated rings. The van der Waals surface area contributed by atoms with Crippen LogP contribution in [0.4, 0.5) is 4.79 Å². The minimum Gasteiger partial charge on any atom is -0.479 e. The van der Waals surface area contributed by atoms with Crippen LogP contribution in [-0.2, 0) is 9.53 Å². The smallest absolute Gasteiger partial charge is 0.407 e. The molecule has 6 nitrogen and oxygen atoms in total. The highest BCUT2D eigenvalue weighted by molar-refractivity contribution is 5.74. The van der Waals surface area contributed by atoms with Crippen molar-refractivity contribution in [2.45, 2.75) is 26.1 Å². The Morgan fingerprint density at radius 1 is 1.46 bits per heavy atom. The van der Waals surface area contributed by atoms with Crippen LogP contribution in [-0.4, -0.2) is 41.0 Å². The molecule has 76 valence electrons. The van der Waals surface area contributed by atoms with Crippen LogP contribution in [0.25, 0.3) is 0 Å². The highest BCUT2D eigenvalue weighted by atomic mass is 16.6. The summed E-state index contributed by atoms with van der Waals surface area (Å²) < 4.78 is 4.63. The maximum atomic E-state index is 10.7. The van der Waals surface area contributed by atoms with Crippen LogP contribution >= 0.6 is 0 Å². The molecule has 0 aromatic carbocycles. The van der Waals surface area contributed by atoms with Gasteiger partial charge >= 0.3 is 12.1 Å². The number of rotatable bonds is 4. The van der Waals surface area contributed by atoms with Crippen molar-refractivity contribution >= 4 is 12.1 Å². The molecule has 6 heteroatoms. The van der Waals surface area contributed by atoms with E-state index >= 15 is 0 Å². The van der Waals surface area contributed by atoms with Crippen molar-refractivity contribution < 1.29 is 24.5 Å². The fourth-order valence-electron chi connectivity index (χ4n) is 0.523.